The molecule has 1 rings (SSSR count). The van der Waals surface area contributed by atoms with Gasteiger partial charge in [0, 0.05) is 26.0 Å². The predicted molar refractivity (Wildman–Crippen MR) is 57.7 cm³/mol. The van der Waals surface area contributed by atoms with Crippen molar-refractivity contribution in [1.29, 1.82) is 0 Å². The lowest BCUT2D eigenvalue weighted by atomic mass is 10.1. The maximum absolute atomic E-state index is 10.5. The summed E-state index contributed by atoms with van der Waals surface area (Å²) in [5.74, 6) is -0.182. The van der Waals surface area contributed by atoms with Gasteiger partial charge in [-0.1, -0.05) is 6.92 Å². The highest BCUT2D eigenvalue weighted by Crippen LogP contribution is 2.06. The minimum Gasteiger partial charge on any atom is -0.481 e. The lowest BCUT2D eigenvalue weighted by Crippen LogP contribution is -2.12. The molecule has 0 spiro atoms. The van der Waals surface area contributed by atoms with Gasteiger partial charge in [0.1, 0.15) is 0 Å². The van der Waals surface area contributed by atoms with Gasteiger partial charge in [0.05, 0.1) is 5.92 Å². The largest absolute Gasteiger partial charge is 0.481 e. The Morgan fingerprint density at radius 3 is 3.00 bits per heavy atom. The lowest BCUT2D eigenvalue weighted by molar-refractivity contribution is -0.141. The van der Waals surface area contributed by atoms with Crippen LogP contribution in [0.5, 0.6) is 0 Å². The number of aliphatic carboxylic acids is 1. The number of nitrogens with zero attached hydrogens (tertiary/aromatic N) is 2. The molecule has 1 aromatic heterocycles. The molecule has 1 heterocycles. The zero-order chi connectivity index (χ0) is 11.3. The fourth-order valence-electron chi connectivity index (χ4n) is 1.27. The number of carboxylic acids is 1. The Kier molecular flexibility index (Phi) is 4.15. The molecule has 0 fully saturated rings. The first-order valence-electron chi connectivity index (χ1n) is 5.05. The normalized spacial score (nSPS) is 12.4. The molecule has 1 unspecified atom stereocenters. The molecule has 1 atom stereocenters. The topological polar surface area (TPSA) is 67.2 Å². The predicted octanol–water partition coefficient (Wildman–Crippen LogP) is 1.33. The summed E-state index contributed by atoms with van der Waals surface area (Å²) in [7, 11) is 1.91. The van der Waals surface area contributed by atoms with Gasteiger partial charge in [-0.3, -0.25) is 4.79 Å². The molecule has 5 heteroatoms. The summed E-state index contributed by atoms with van der Waals surface area (Å²) < 4.78 is 1.89. The minimum absolute atomic E-state index is 0.270. The molecule has 0 aliphatic rings. The van der Waals surface area contributed by atoms with Gasteiger partial charge >= 0.3 is 5.97 Å². The number of nitrogens with one attached hydrogen (secondary N) is 1. The highest BCUT2D eigenvalue weighted by atomic mass is 16.4. The average Bonchev–Trinajstić information content (AvgIpc) is 2.58. The van der Waals surface area contributed by atoms with Gasteiger partial charge < -0.3 is 15.0 Å². The van der Waals surface area contributed by atoms with Crippen LogP contribution in [0.15, 0.2) is 12.4 Å². The molecule has 5 nitrogen and oxygen atoms in total. The molecule has 0 amide bonds. The summed E-state index contributed by atoms with van der Waals surface area (Å²) in [6.45, 7) is 2.48. The van der Waals surface area contributed by atoms with Gasteiger partial charge in [-0.05, 0) is 12.8 Å². The van der Waals surface area contributed by atoms with E-state index in [1.807, 2.05) is 17.8 Å². The second kappa shape index (κ2) is 5.38. The van der Waals surface area contributed by atoms with Crippen LogP contribution in [0, 0.1) is 5.92 Å². The fourth-order valence-corrected chi connectivity index (χ4v) is 1.27. The van der Waals surface area contributed by atoms with Crippen molar-refractivity contribution in [2.75, 3.05) is 11.9 Å². The number of hydrogen-bond donors (Lipinski definition) is 2. The van der Waals surface area contributed by atoms with Gasteiger partial charge in [0.25, 0.3) is 0 Å². The van der Waals surface area contributed by atoms with Crippen molar-refractivity contribution in [3.05, 3.63) is 12.4 Å². The molecule has 0 aromatic carbocycles. The maximum atomic E-state index is 10.5. The summed E-state index contributed by atoms with van der Waals surface area (Å²) >= 11 is 0. The van der Waals surface area contributed by atoms with Crippen LogP contribution in [-0.2, 0) is 11.8 Å². The number of carboxylic acid groups (broad SMARTS) is 1. The molecule has 0 aliphatic carbocycles. The summed E-state index contributed by atoms with van der Waals surface area (Å²) in [5, 5.41) is 11.8. The number of imidazole rings is 1. The van der Waals surface area contributed by atoms with E-state index in [0.29, 0.717) is 6.42 Å². The quantitative estimate of drug-likeness (QED) is 0.697. The van der Waals surface area contributed by atoms with E-state index in [1.54, 1.807) is 13.1 Å². The molecule has 0 saturated carbocycles. The van der Waals surface area contributed by atoms with E-state index in [2.05, 4.69) is 10.3 Å². The summed E-state index contributed by atoms with van der Waals surface area (Å²) in [6, 6.07) is 0. The molecule has 84 valence electrons. The summed E-state index contributed by atoms with van der Waals surface area (Å²) in [4.78, 5) is 14.6. The zero-order valence-electron chi connectivity index (χ0n) is 9.10. The number of aromatic nitrogens is 2. The van der Waals surface area contributed by atoms with Gasteiger partial charge in [-0.2, -0.15) is 0 Å². The number of anilines is 1. The number of rotatable bonds is 6. The van der Waals surface area contributed by atoms with Crippen molar-refractivity contribution in [1.82, 2.24) is 9.55 Å². The minimum atomic E-state index is -0.730. The number of carbonyl (C=O) groups is 1. The standard InChI is InChI=1S/C10H17N3O2/c1-8(9(14)15)4-3-5-11-10-12-6-7-13(10)2/h6-8H,3-5H2,1-2H3,(H,11,12)(H,14,15). The Morgan fingerprint density at radius 1 is 1.73 bits per heavy atom. The van der Waals surface area contributed by atoms with Gasteiger partial charge in [-0.25, -0.2) is 4.98 Å². The van der Waals surface area contributed by atoms with Crippen LogP contribution in [0.2, 0.25) is 0 Å². The van der Waals surface area contributed by atoms with Crippen molar-refractivity contribution in [3.8, 4) is 0 Å². The number of aryl methyl sites for hydroxylation is 1. The molecule has 1 aromatic rings. The Labute approximate surface area is 89.1 Å². The first-order chi connectivity index (χ1) is 7.11. The first-order valence-corrected chi connectivity index (χ1v) is 5.05. The van der Waals surface area contributed by atoms with Gasteiger partial charge in [-0.15, -0.1) is 0 Å². The van der Waals surface area contributed by atoms with Crippen LogP contribution in [0.1, 0.15) is 19.8 Å². The van der Waals surface area contributed by atoms with Crippen LogP contribution in [0.4, 0.5) is 5.95 Å². The van der Waals surface area contributed by atoms with Crippen LogP contribution < -0.4 is 5.32 Å². The van der Waals surface area contributed by atoms with E-state index in [1.165, 1.54) is 0 Å². The van der Waals surface area contributed by atoms with E-state index >= 15 is 0 Å². The monoisotopic (exact) mass is 211 g/mol. The van der Waals surface area contributed by atoms with Gasteiger partial charge in [0.2, 0.25) is 5.95 Å². The third-order valence-electron chi connectivity index (χ3n) is 2.34. The van der Waals surface area contributed by atoms with E-state index in [-0.39, 0.29) is 5.92 Å². The highest BCUT2D eigenvalue weighted by Gasteiger charge is 2.09. The highest BCUT2D eigenvalue weighted by molar-refractivity contribution is 5.69. The zero-order valence-corrected chi connectivity index (χ0v) is 9.10. The van der Waals surface area contributed by atoms with Crippen molar-refractivity contribution in [2.45, 2.75) is 19.8 Å². The third kappa shape index (κ3) is 3.61. The Hall–Kier alpha value is -1.52. The van der Waals surface area contributed by atoms with Crippen LogP contribution >= 0.6 is 0 Å². The summed E-state index contributed by atoms with van der Waals surface area (Å²) in [5.41, 5.74) is 0. The second-order valence-corrected chi connectivity index (χ2v) is 3.67. The Bertz CT molecular complexity index is 322. The van der Waals surface area contributed by atoms with Crippen molar-refractivity contribution < 1.29 is 9.90 Å². The van der Waals surface area contributed by atoms with Crippen LogP contribution in [0.3, 0.4) is 0 Å². The fraction of sp³-hybridized carbons (Fsp3) is 0.600. The van der Waals surface area contributed by atoms with Crippen LogP contribution in [0.25, 0.3) is 0 Å². The third-order valence-corrected chi connectivity index (χ3v) is 2.34. The molecule has 0 aliphatic heterocycles. The van der Waals surface area contributed by atoms with Crippen molar-refractivity contribution in [3.63, 3.8) is 0 Å². The smallest absolute Gasteiger partial charge is 0.306 e. The average molecular weight is 211 g/mol. The van der Waals surface area contributed by atoms with Crippen molar-refractivity contribution in [2.24, 2.45) is 13.0 Å². The number of hydrogen-bond acceptors (Lipinski definition) is 3. The summed E-state index contributed by atoms with van der Waals surface area (Å²) in [6.07, 6.45) is 5.11. The SMILES string of the molecule is CC(CCCNc1nccn1C)C(=O)O. The Morgan fingerprint density at radius 2 is 2.47 bits per heavy atom. The van der Waals surface area contributed by atoms with E-state index in [0.717, 1.165) is 18.9 Å². The molecular weight excluding hydrogens is 194 g/mol. The first kappa shape index (κ1) is 11.6. The second-order valence-electron chi connectivity index (χ2n) is 3.67. The molecule has 0 saturated heterocycles. The maximum Gasteiger partial charge on any atom is 0.306 e. The van der Waals surface area contributed by atoms with Crippen molar-refractivity contribution >= 4 is 11.9 Å². The Balaban J connectivity index is 2.17. The van der Waals surface area contributed by atoms with Crippen LogP contribution in [-0.4, -0.2) is 27.2 Å². The molecule has 15 heavy (non-hydrogen) atoms. The lowest BCUT2D eigenvalue weighted by Gasteiger charge is -2.07. The molecule has 2 N–H and O–H groups in total. The molecular formula is C10H17N3O2. The molecule has 0 radical (unpaired) electrons. The van der Waals surface area contributed by atoms with E-state index in [9.17, 15) is 4.79 Å². The van der Waals surface area contributed by atoms with E-state index in [4.69, 9.17) is 5.11 Å². The van der Waals surface area contributed by atoms with Gasteiger partial charge in [0.15, 0.2) is 0 Å². The molecule has 0 bridgehead atoms. The van der Waals surface area contributed by atoms with E-state index < -0.39 is 5.97 Å².